The van der Waals surface area contributed by atoms with Crippen LogP contribution in [0.2, 0.25) is 39.3 Å². The predicted octanol–water partition coefficient (Wildman–Crippen LogP) is 3.45. The molecule has 3 heteroatoms. The second kappa shape index (κ2) is 3.70. The summed E-state index contributed by atoms with van der Waals surface area (Å²) in [5.74, 6) is 0. The minimum atomic E-state index is -1.13. The second-order valence-electron chi connectivity index (χ2n) is 6.05. The van der Waals surface area contributed by atoms with Gasteiger partial charge in [0.25, 0.3) is 0 Å². The zero-order chi connectivity index (χ0) is 11.0. The SMILES string of the molecule is C[Si](C)(C)C1=CCN([Si](C)(C)C)C=C1. The van der Waals surface area contributed by atoms with Gasteiger partial charge in [0, 0.05) is 6.54 Å². The zero-order valence-electron chi connectivity index (χ0n) is 10.4. The minimum absolute atomic E-state index is 1.08. The van der Waals surface area contributed by atoms with Gasteiger partial charge in [-0.3, -0.25) is 0 Å². The first-order chi connectivity index (χ1) is 6.21. The average Bonchev–Trinajstić information content (AvgIpc) is 2.01. The zero-order valence-corrected chi connectivity index (χ0v) is 12.4. The van der Waals surface area contributed by atoms with Crippen molar-refractivity contribution in [3.05, 3.63) is 23.5 Å². The van der Waals surface area contributed by atoms with Crippen molar-refractivity contribution in [3.8, 4) is 0 Å². The van der Waals surface area contributed by atoms with Gasteiger partial charge in [-0.25, -0.2) is 0 Å². The summed E-state index contributed by atoms with van der Waals surface area (Å²) in [6.45, 7) is 15.5. The van der Waals surface area contributed by atoms with Gasteiger partial charge in [-0.05, 0) is 12.3 Å². The highest BCUT2D eigenvalue weighted by molar-refractivity contribution is 6.83. The van der Waals surface area contributed by atoms with Crippen LogP contribution in [0.15, 0.2) is 23.5 Å². The van der Waals surface area contributed by atoms with E-state index in [0.29, 0.717) is 0 Å². The smallest absolute Gasteiger partial charge is 0.147 e. The molecule has 0 radical (unpaired) electrons. The third-order valence-corrected chi connectivity index (χ3v) is 6.83. The van der Waals surface area contributed by atoms with E-state index >= 15 is 0 Å². The first-order valence-corrected chi connectivity index (χ1v) is 12.3. The van der Waals surface area contributed by atoms with E-state index in [1.54, 1.807) is 5.20 Å². The molecule has 1 rings (SSSR count). The Hall–Kier alpha value is -0.286. The molecule has 0 aromatic carbocycles. The van der Waals surface area contributed by atoms with Gasteiger partial charge >= 0.3 is 0 Å². The standard InChI is InChI=1S/C11H23NSi2/c1-13(2,3)11-7-9-12(10-8-11)14(4,5)6/h7-9H,10H2,1-6H3. The van der Waals surface area contributed by atoms with Gasteiger partial charge in [0.2, 0.25) is 0 Å². The molecule has 1 aliphatic heterocycles. The summed E-state index contributed by atoms with van der Waals surface area (Å²) in [4.78, 5) is 0. The lowest BCUT2D eigenvalue weighted by atomic mass is 10.4. The molecule has 0 unspecified atom stereocenters. The van der Waals surface area contributed by atoms with E-state index in [1.807, 2.05) is 0 Å². The van der Waals surface area contributed by atoms with E-state index in [0.717, 1.165) is 6.54 Å². The maximum atomic E-state index is 2.52. The molecule has 0 amide bonds. The van der Waals surface area contributed by atoms with E-state index in [2.05, 4.69) is 62.2 Å². The quantitative estimate of drug-likeness (QED) is 0.651. The summed E-state index contributed by atoms with van der Waals surface area (Å²) in [6, 6.07) is 0. The molecule has 1 nitrogen and oxygen atoms in total. The van der Waals surface area contributed by atoms with Crippen LogP contribution in [0.4, 0.5) is 0 Å². The van der Waals surface area contributed by atoms with E-state index in [9.17, 15) is 0 Å². The molecule has 0 bridgehead atoms. The highest BCUT2D eigenvalue weighted by atomic mass is 28.3. The van der Waals surface area contributed by atoms with E-state index in [1.165, 1.54) is 0 Å². The topological polar surface area (TPSA) is 3.24 Å². The molecule has 1 aliphatic rings. The Kier molecular flexibility index (Phi) is 3.12. The molecule has 0 N–H and O–H groups in total. The van der Waals surface area contributed by atoms with Gasteiger partial charge in [-0.15, -0.1) is 0 Å². The van der Waals surface area contributed by atoms with Crippen molar-refractivity contribution >= 4 is 16.3 Å². The van der Waals surface area contributed by atoms with Crippen LogP contribution in [0.25, 0.3) is 0 Å². The maximum Gasteiger partial charge on any atom is 0.147 e. The number of nitrogens with zero attached hydrogens (tertiary/aromatic N) is 1. The molecule has 1 heterocycles. The second-order valence-corrected chi connectivity index (χ2v) is 16.0. The first kappa shape index (κ1) is 11.8. The van der Waals surface area contributed by atoms with Crippen LogP contribution < -0.4 is 0 Å². The Balaban J connectivity index is 2.72. The summed E-state index contributed by atoms with van der Waals surface area (Å²) >= 11 is 0. The Morgan fingerprint density at radius 1 is 1.07 bits per heavy atom. The first-order valence-electron chi connectivity index (χ1n) is 5.37. The van der Waals surface area contributed by atoms with E-state index in [4.69, 9.17) is 0 Å². The summed E-state index contributed by atoms with van der Waals surface area (Å²) < 4.78 is 2.52. The number of allylic oxidation sites excluding steroid dienone is 2. The lowest BCUT2D eigenvalue weighted by molar-refractivity contribution is 0.618. The fraction of sp³-hybridized carbons (Fsp3) is 0.636. The van der Waals surface area contributed by atoms with Crippen molar-refractivity contribution < 1.29 is 0 Å². The maximum absolute atomic E-state index is 2.52. The molecule has 0 aromatic heterocycles. The molecule has 0 aromatic rings. The molecule has 80 valence electrons. The van der Waals surface area contributed by atoms with Gasteiger partial charge in [-0.2, -0.15) is 0 Å². The fourth-order valence-corrected chi connectivity index (χ4v) is 3.99. The summed E-state index contributed by atoms with van der Waals surface area (Å²) in [5, 5.41) is 1.60. The van der Waals surface area contributed by atoms with Crippen molar-refractivity contribution in [2.45, 2.75) is 39.3 Å². The molecule has 0 fully saturated rings. The minimum Gasteiger partial charge on any atom is -0.400 e. The molecule has 0 saturated carbocycles. The third-order valence-electron chi connectivity index (χ3n) is 2.67. The van der Waals surface area contributed by atoms with Crippen molar-refractivity contribution in [3.63, 3.8) is 0 Å². The van der Waals surface area contributed by atoms with Crippen LogP contribution in [0.3, 0.4) is 0 Å². The van der Waals surface area contributed by atoms with Gasteiger partial charge in [-0.1, -0.05) is 50.6 Å². The van der Waals surface area contributed by atoms with Crippen molar-refractivity contribution in [2.24, 2.45) is 0 Å². The molecule has 14 heavy (non-hydrogen) atoms. The molecular weight excluding hydrogens is 202 g/mol. The summed E-state index contributed by atoms with van der Waals surface area (Å²) in [7, 11) is -2.21. The lowest BCUT2D eigenvalue weighted by Crippen LogP contribution is -2.44. The lowest BCUT2D eigenvalue weighted by Gasteiger charge is -2.35. The highest BCUT2D eigenvalue weighted by Crippen LogP contribution is 2.21. The Bertz CT molecular complexity index is 266. The van der Waals surface area contributed by atoms with Crippen LogP contribution >= 0.6 is 0 Å². The Morgan fingerprint density at radius 3 is 1.93 bits per heavy atom. The Morgan fingerprint density at radius 2 is 1.64 bits per heavy atom. The van der Waals surface area contributed by atoms with Gasteiger partial charge in [0.1, 0.15) is 8.24 Å². The number of hydrogen-bond acceptors (Lipinski definition) is 1. The van der Waals surface area contributed by atoms with Crippen molar-refractivity contribution in [2.75, 3.05) is 6.54 Å². The average molecular weight is 225 g/mol. The normalized spacial score (nSPS) is 18.4. The van der Waals surface area contributed by atoms with Crippen LogP contribution in [0.1, 0.15) is 0 Å². The van der Waals surface area contributed by atoms with E-state index in [-0.39, 0.29) is 0 Å². The molecule has 0 atom stereocenters. The third kappa shape index (κ3) is 2.85. The fourth-order valence-electron chi connectivity index (χ4n) is 1.55. The summed E-state index contributed by atoms with van der Waals surface area (Å²) in [5.41, 5.74) is 0. The molecular formula is C11H23NSi2. The molecule has 0 spiro atoms. The van der Waals surface area contributed by atoms with Gasteiger partial charge < -0.3 is 4.57 Å². The van der Waals surface area contributed by atoms with Crippen molar-refractivity contribution in [1.29, 1.82) is 0 Å². The number of rotatable bonds is 2. The van der Waals surface area contributed by atoms with Crippen LogP contribution in [-0.4, -0.2) is 27.4 Å². The predicted molar refractivity (Wildman–Crippen MR) is 70.6 cm³/mol. The van der Waals surface area contributed by atoms with Gasteiger partial charge in [0.05, 0.1) is 8.07 Å². The monoisotopic (exact) mass is 225 g/mol. The Labute approximate surface area is 90.6 Å². The van der Waals surface area contributed by atoms with Crippen LogP contribution in [0, 0.1) is 0 Å². The largest absolute Gasteiger partial charge is 0.400 e. The van der Waals surface area contributed by atoms with Crippen molar-refractivity contribution in [1.82, 2.24) is 4.57 Å². The van der Waals surface area contributed by atoms with Crippen LogP contribution in [-0.2, 0) is 0 Å². The van der Waals surface area contributed by atoms with Crippen LogP contribution in [0.5, 0.6) is 0 Å². The molecule has 0 saturated heterocycles. The molecule has 0 aliphatic carbocycles. The highest BCUT2D eigenvalue weighted by Gasteiger charge is 2.24. The van der Waals surface area contributed by atoms with Gasteiger partial charge in [0.15, 0.2) is 0 Å². The van der Waals surface area contributed by atoms with E-state index < -0.39 is 16.3 Å². The summed E-state index contributed by atoms with van der Waals surface area (Å²) in [6.07, 6.45) is 7.10. The number of hydrogen-bond donors (Lipinski definition) is 0.